The van der Waals surface area contributed by atoms with Gasteiger partial charge in [0.1, 0.15) is 0 Å². The minimum atomic E-state index is 0.593. The van der Waals surface area contributed by atoms with Crippen LogP contribution < -0.4 is 5.32 Å². The Balaban J connectivity index is 1.58. The summed E-state index contributed by atoms with van der Waals surface area (Å²) < 4.78 is 5.70. The van der Waals surface area contributed by atoms with E-state index in [0.717, 1.165) is 6.54 Å². The van der Waals surface area contributed by atoms with Crippen LogP contribution in [-0.4, -0.2) is 25.3 Å². The Hall–Kier alpha value is -0.0800. The van der Waals surface area contributed by atoms with Gasteiger partial charge < -0.3 is 10.1 Å². The van der Waals surface area contributed by atoms with Gasteiger partial charge in [-0.1, -0.05) is 51.4 Å². The lowest BCUT2D eigenvalue weighted by molar-refractivity contribution is 0.350. The van der Waals surface area contributed by atoms with Gasteiger partial charge in [-0.3, -0.25) is 0 Å². The minimum Gasteiger partial charge on any atom is -0.370 e. The fourth-order valence-electron chi connectivity index (χ4n) is 2.89. The number of ether oxygens (including phenoxy) is 1. The van der Waals surface area contributed by atoms with Crippen LogP contribution in [-0.2, 0) is 4.74 Å². The van der Waals surface area contributed by atoms with Gasteiger partial charge in [0.15, 0.2) is 0 Å². The smallest absolute Gasteiger partial charge is 0.0854 e. The van der Waals surface area contributed by atoms with Crippen LogP contribution in [0, 0.1) is 0 Å². The van der Waals surface area contributed by atoms with E-state index in [1.165, 1.54) is 77.2 Å². The number of rotatable bonds is 0. The Morgan fingerprint density at radius 1 is 0.588 bits per heavy atom. The molecule has 1 N–H and O–H groups in total. The van der Waals surface area contributed by atoms with E-state index in [9.17, 15) is 0 Å². The molecule has 0 spiro atoms. The maximum Gasteiger partial charge on any atom is 0.0854 e. The zero-order valence-electron chi connectivity index (χ0n) is 11.3. The van der Waals surface area contributed by atoms with Crippen molar-refractivity contribution in [1.82, 2.24) is 5.32 Å². The largest absolute Gasteiger partial charge is 0.370 e. The third kappa shape index (κ3) is 5.87. The molecule has 0 aromatic rings. The Bertz CT molecular complexity index is 175. The Labute approximate surface area is 107 Å². The highest BCUT2D eigenvalue weighted by Gasteiger charge is 2.36. The zero-order valence-corrected chi connectivity index (χ0v) is 11.3. The lowest BCUT2D eigenvalue weighted by Crippen LogP contribution is -2.18. The minimum absolute atomic E-state index is 0.593. The fourth-order valence-corrected chi connectivity index (χ4v) is 2.89. The van der Waals surface area contributed by atoms with E-state index in [2.05, 4.69) is 5.32 Å². The summed E-state index contributed by atoms with van der Waals surface area (Å²) in [6.45, 7) is 2.36. The number of nitrogens with one attached hydrogen (secondary N) is 1. The molecule has 2 aliphatic rings. The first-order valence-corrected chi connectivity index (χ1v) is 7.83. The van der Waals surface area contributed by atoms with Gasteiger partial charge in [-0.25, -0.2) is 0 Å². The predicted octanol–water partition coefficient (Wildman–Crippen LogP) is 3.65. The van der Waals surface area contributed by atoms with Gasteiger partial charge in [0.25, 0.3) is 0 Å². The number of hydrogen-bond donors (Lipinski definition) is 1. The van der Waals surface area contributed by atoms with Crippen LogP contribution in [0.4, 0.5) is 0 Å². The SMILES string of the molecule is C1CCCCCNCCC2OC2CCCCC1. The molecule has 0 bridgehead atoms. The van der Waals surface area contributed by atoms with E-state index in [0.29, 0.717) is 12.2 Å². The van der Waals surface area contributed by atoms with Crippen molar-refractivity contribution >= 4 is 0 Å². The zero-order chi connectivity index (χ0) is 11.8. The number of epoxide rings is 1. The first kappa shape index (κ1) is 13.4. The molecule has 0 saturated carbocycles. The highest BCUT2D eigenvalue weighted by Crippen LogP contribution is 2.29. The summed E-state index contributed by atoms with van der Waals surface area (Å²) in [4.78, 5) is 0. The molecule has 2 nitrogen and oxygen atoms in total. The molecular formula is C15H29NO. The third-order valence-electron chi connectivity index (χ3n) is 4.14. The van der Waals surface area contributed by atoms with Gasteiger partial charge in [0.05, 0.1) is 12.2 Å². The van der Waals surface area contributed by atoms with Crippen LogP contribution in [0.5, 0.6) is 0 Å². The summed E-state index contributed by atoms with van der Waals surface area (Å²) in [5.74, 6) is 0. The van der Waals surface area contributed by atoms with Crippen molar-refractivity contribution in [3.63, 3.8) is 0 Å². The first-order valence-electron chi connectivity index (χ1n) is 7.83. The Morgan fingerprint density at radius 3 is 1.94 bits per heavy atom. The summed E-state index contributed by atoms with van der Waals surface area (Å²) in [5.41, 5.74) is 0. The molecule has 0 aromatic heterocycles. The molecule has 2 aliphatic heterocycles. The van der Waals surface area contributed by atoms with Crippen LogP contribution in [0.1, 0.15) is 70.6 Å². The monoisotopic (exact) mass is 239 g/mol. The second-order valence-corrected chi connectivity index (χ2v) is 5.72. The predicted molar refractivity (Wildman–Crippen MR) is 72.3 cm³/mol. The molecule has 0 amide bonds. The van der Waals surface area contributed by atoms with E-state index in [-0.39, 0.29) is 0 Å². The normalized spacial score (nSPS) is 33.9. The van der Waals surface area contributed by atoms with Crippen LogP contribution in [0.15, 0.2) is 0 Å². The number of hydrogen-bond acceptors (Lipinski definition) is 2. The van der Waals surface area contributed by atoms with Crippen molar-refractivity contribution in [3.8, 4) is 0 Å². The van der Waals surface area contributed by atoms with Crippen LogP contribution in [0.3, 0.4) is 0 Å². The standard InChI is InChI=1S/C15H29NO/c1-2-4-6-8-10-14-15(17-14)11-13-16-12-9-7-5-3-1/h14-16H,1-13H2. The molecular weight excluding hydrogens is 210 g/mol. The van der Waals surface area contributed by atoms with Gasteiger partial charge in [0, 0.05) is 0 Å². The molecule has 2 heteroatoms. The van der Waals surface area contributed by atoms with Crippen LogP contribution in [0.25, 0.3) is 0 Å². The van der Waals surface area contributed by atoms with Crippen molar-refractivity contribution in [3.05, 3.63) is 0 Å². The average Bonchev–Trinajstić information content (AvgIpc) is 3.07. The Kier molecular flexibility index (Phi) is 6.36. The molecule has 17 heavy (non-hydrogen) atoms. The molecule has 2 unspecified atom stereocenters. The lowest BCUT2D eigenvalue weighted by Gasteiger charge is -2.05. The van der Waals surface area contributed by atoms with Crippen LogP contribution in [0.2, 0.25) is 0 Å². The van der Waals surface area contributed by atoms with E-state index >= 15 is 0 Å². The molecule has 0 aliphatic carbocycles. The second kappa shape index (κ2) is 8.10. The lowest BCUT2D eigenvalue weighted by atomic mass is 10.0. The van der Waals surface area contributed by atoms with Gasteiger partial charge in [0.2, 0.25) is 0 Å². The van der Waals surface area contributed by atoms with E-state index in [1.54, 1.807) is 0 Å². The van der Waals surface area contributed by atoms with Gasteiger partial charge in [-0.2, -0.15) is 0 Å². The summed E-state index contributed by atoms with van der Waals surface area (Å²) >= 11 is 0. The summed E-state index contributed by atoms with van der Waals surface area (Å²) in [5, 5.41) is 3.54. The number of fused-ring (bicyclic) bond motifs is 1. The maximum absolute atomic E-state index is 5.70. The molecule has 2 rings (SSSR count). The summed E-state index contributed by atoms with van der Waals surface area (Å²) in [7, 11) is 0. The van der Waals surface area contributed by atoms with Crippen molar-refractivity contribution in [1.29, 1.82) is 0 Å². The molecule has 2 atom stereocenters. The molecule has 2 fully saturated rings. The summed E-state index contributed by atoms with van der Waals surface area (Å²) in [6.07, 6.45) is 16.6. The van der Waals surface area contributed by atoms with E-state index in [4.69, 9.17) is 4.74 Å². The van der Waals surface area contributed by atoms with Gasteiger partial charge in [-0.15, -0.1) is 0 Å². The van der Waals surface area contributed by atoms with Gasteiger partial charge in [-0.05, 0) is 32.4 Å². The van der Waals surface area contributed by atoms with E-state index in [1.807, 2.05) is 0 Å². The van der Waals surface area contributed by atoms with Gasteiger partial charge >= 0.3 is 0 Å². The molecule has 2 heterocycles. The average molecular weight is 239 g/mol. The van der Waals surface area contributed by atoms with Crippen LogP contribution >= 0.6 is 0 Å². The summed E-state index contributed by atoms with van der Waals surface area (Å²) in [6, 6.07) is 0. The maximum atomic E-state index is 5.70. The topological polar surface area (TPSA) is 24.6 Å². The molecule has 0 radical (unpaired) electrons. The van der Waals surface area contributed by atoms with Crippen molar-refractivity contribution in [2.75, 3.05) is 13.1 Å². The molecule has 100 valence electrons. The van der Waals surface area contributed by atoms with Crippen molar-refractivity contribution in [2.24, 2.45) is 0 Å². The first-order chi connectivity index (χ1) is 8.47. The highest BCUT2D eigenvalue weighted by atomic mass is 16.6. The Morgan fingerprint density at radius 2 is 1.18 bits per heavy atom. The molecule has 2 saturated heterocycles. The third-order valence-corrected chi connectivity index (χ3v) is 4.14. The van der Waals surface area contributed by atoms with Crippen molar-refractivity contribution < 1.29 is 4.74 Å². The quantitative estimate of drug-likeness (QED) is 0.653. The highest BCUT2D eigenvalue weighted by molar-refractivity contribution is 4.84. The van der Waals surface area contributed by atoms with Crippen molar-refractivity contribution in [2.45, 2.75) is 82.8 Å². The van der Waals surface area contributed by atoms with E-state index < -0.39 is 0 Å². The molecule has 0 aromatic carbocycles. The fraction of sp³-hybridized carbons (Fsp3) is 1.00. The second-order valence-electron chi connectivity index (χ2n) is 5.72.